The Bertz CT molecular complexity index is 858. The standard InChI is InChI=1S/C27H37N3O/c1-5-24(18-25-9-8-16-30-15-7-6-10-27(25)30)12-11-23(4)31-20-21(2)17-22(3)26(19-29)13-14-28/h17-18H,4-13,15-16,20H2,1-3H3/b21-17-,24-18+,26-22-. The van der Waals surface area contributed by atoms with Crippen LogP contribution in [0.1, 0.15) is 78.6 Å². The van der Waals surface area contributed by atoms with Crippen molar-refractivity contribution in [3.05, 3.63) is 58.1 Å². The van der Waals surface area contributed by atoms with Crippen LogP contribution in [0, 0.1) is 22.7 Å². The number of hydrogen-bond donors (Lipinski definition) is 0. The summed E-state index contributed by atoms with van der Waals surface area (Å²) in [5, 5.41) is 18.0. The van der Waals surface area contributed by atoms with Gasteiger partial charge < -0.3 is 9.64 Å². The molecule has 0 aromatic rings. The Morgan fingerprint density at radius 1 is 1.13 bits per heavy atom. The highest BCUT2D eigenvalue weighted by atomic mass is 16.5. The number of allylic oxidation sites excluding steroid dienone is 8. The van der Waals surface area contributed by atoms with Crippen LogP contribution in [-0.4, -0.2) is 24.6 Å². The van der Waals surface area contributed by atoms with E-state index in [9.17, 15) is 0 Å². The Kier molecular flexibility index (Phi) is 10.2. The van der Waals surface area contributed by atoms with Gasteiger partial charge in [-0.1, -0.05) is 31.2 Å². The van der Waals surface area contributed by atoms with Crippen molar-refractivity contribution in [2.24, 2.45) is 0 Å². The van der Waals surface area contributed by atoms with Crippen molar-refractivity contribution in [2.75, 3.05) is 19.7 Å². The molecule has 0 amide bonds. The summed E-state index contributed by atoms with van der Waals surface area (Å²) in [7, 11) is 0. The van der Waals surface area contributed by atoms with E-state index >= 15 is 0 Å². The minimum atomic E-state index is 0.141. The van der Waals surface area contributed by atoms with Gasteiger partial charge in [0.05, 0.1) is 24.3 Å². The van der Waals surface area contributed by atoms with E-state index in [0.717, 1.165) is 36.2 Å². The topological polar surface area (TPSA) is 60.0 Å². The average Bonchev–Trinajstić information content (AvgIpc) is 2.78. The summed E-state index contributed by atoms with van der Waals surface area (Å²) in [6, 6.07) is 4.14. The molecule has 0 radical (unpaired) electrons. The summed E-state index contributed by atoms with van der Waals surface area (Å²) in [6.07, 6.45) is 13.8. The Balaban J connectivity index is 1.90. The molecule has 0 atom stereocenters. The number of nitriles is 2. The third-order valence-corrected chi connectivity index (χ3v) is 6.11. The van der Waals surface area contributed by atoms with Crippen LogP contribution in [-0.2, 0) is 4.74 Å². The van der Waals surface area contributed by atoms with Gasteiger partial charge in [-0.15, -0.1) is 0 Å². The summed E-state index contributed by atoms with van der Waals surface area (Å²) >= 11 is 0. The molecule has 2 rings (SSSR count). The van der Waals surface area contributed by atoms with Gasteiger partial charge in [-0.2, -0.15) is 10.5 Å². The van der Waals surface area contributed by atoms with Crippen molar-refractivity contribution in [1.29, 1.82) is 10.5 Å². The molecular formula is C27H37N3O. The average molecular weight is 420 g/mol. The van der Waals surface area contributed by atoms with Gasteiger partial charge in [0, 0.05) is 30.8 Å². The molecule has 0 aromatic carbocycles. The van der Waals surface area contributed by atoms with Crippen LogP contribution in [0.3, 0.4) is 0 Å². The number of ether oxygens (including phenoxy) is 1. The summed E-state index contributed by atoms with van der Waals surface area (Å²) in [5.41, 5.74) is 6.97. The van der Waals surface area contributed by atoms with Gasteiger partial charge >= 0.3 is 0 Å². The lowest BCUT2D eigenvalue weighted by Gasteiger charge is -2.37. The maximum atomic E-state index is 9.14. The van der Waals surface area contributed by atoms with Crippen LogP contribution < -0.4 is 0 Å². The van der Waals surface area contributed by atoms with Gasteiger partial charge in [-0.25, -0.2) is 0 Å². The van der Waals surface area contributed by atoms with Crippen molar-refractivity contribution < 1.29 is 4.74 Å². The lowest BCUT2D eigenvalue weighted by Crippen LogP contribution is -2.32. The van der Waals surface area contributed by atoms with Crippen molar-refractivity contribution in [2.45, 2.75) is 78.6 Å². The SMILES string of the molecule is C=C(CC/C(=C/C1=C2CCCCN2CCC1)CC)OC/C(C)=C\C(C)=C(/C#N)CC#N. The maximum absolute atomic E-state index is 9.14. The molecule has 0 spiro atoms. The molecule has 4 nitrogen and oxygen atoms in total. The fraction of sp³-hybridized carbons (Fsp3) is 0.556. The highest BCUT2D eigenvalue weighted by molar-refractivity contribution is 5.37. The molecule has 31 heavy (non-hydrogen) atoms. The zero-order valence-corrected chi connectivity index (χ0v) is 19.6. The van der Waals surface area contributed by atoms with Gasteiger partial charge in [0.15, 0.2) is 0 Å². The smallest absolute Gasteiger partial charge is 0.109 e. The fourth-order valence-electron chi connectivity index (χ4n) is 4.29. The third-order valence-electron chi connectivity index (χ3n) is 6.11. The zero-order valence-electron chi connectivity index (χ0n) is 19.6. The first-order valence-corrected chi connectivity index (χ1v) is 11.6. The molecule has 1 saturated heterocycles. The van der Waals surface area contributed by atoms with E-state index in [1.54, 1.807) is 11.3 Å². The van der Waals surface area contributed by atoms with E-state index in [-0.39, 0.29) is 6.42 Å². The van der Waals surface area contributed by atoms with Gasteiger partial charge in [-0.3, -0.25) is 0 Å². The van der Waals surface area contributed by atoms with Crippen LogP contribution in [0.25, 0.3) is 0 Å². The predicted octanol–water partition coefficient (Wildman–Crippen LogP) is 6.87. The molecule has 0 aliphatic carbocycles. The fourth-order valence-corrected chi connectivity index (χ4v) is 4.29. The molecule has 0 saturated carbocycles. The Hall–Kier alpha value is -2.72. The number of rotatable bonds is 10. The largest absolute Gasteiger partial charge is 0.494 e. The normalized spacial score (nSPS) is 18.0. The number of fused-ring (bicyclic) bond motifs is 1. The highest BCUT2D eigenvalue weighted by Crippen LogP contribution is 2.32. The first-order valence-electron chi connectivity index (χ1n) is 11.6. The third kappa shape index (κ3) is 7.80. The van der Waals surface area contributed by atoms with E-state index in [2.05, 4.69) is 30.5 Å². The van der Waals surface area contributed by atoms with E-state index in [1.165, 1.54) is 50.8 Å². The predicted molar refractivity (Wildman–Crippen MR) is 127 cm³/mol. The zero-order chi connectivity index (χ0) is 22.6. The molecule has 2 heterocycles. The molecular weight excluding hydrogens is 382 g/mol. The van der Waals surface area contributed by atoms with Crippen molar-refractivity contribution in [1.82, 2.24) is 4.90 Å². The quantitative estimate of drug-likeness (QED) is 0.220. The maximum Gasteiger partial charge on any atom is 0.109 e. The lowest BCUT2D eigenvalue weighted by molar-refractivity contribution is 0.230. The van der Waals surface area contributed by atoms with E-state index < -0.39 is 0 Å². The second-order valence-corrected chi connectivity index (χ2v) is 8.60. The second-order valence-electron chi connectivity index (χ2n) is 8.60. The van der Waals surface area contributed by atoms with Gasteiger partial charge in [-0.05, 0) is 75.5 Å². The second kappa shape index (κ2) is 12.9. The molecule has 0 bridgehead atoms. The van der Waals surface area contributed by atoms with Crippen LogP contribution >= 0.6 is 0 Å². The first-order chi connectivity index (χ1) is 15.0. The van der Waals surface area contributed by atoms with Crippen molar-refractivity contribution in [3.63, 3.8) is 0 Å². The first kappa shape index (κ1) is 24.5. The molecule has 0 unspecified atom stereocenters. The molecule has 0 aromatic heterocycles. The van der Waals surface area contributed by atoms with Crippen LogP contribution in [0.4, 0.5) is 0 Å². The van der Waals surface area contributed by atoms with Crippen LogP contribution in [0.15, 0.2) is 58.1 Å². The number of hydrogen-bond acceptors (Lipinski definition) is 4. The van der Waals surface area contributed by atoms with E-state index in [4.69, 9.17) is 15.3 Å². The monoisotopic (exact) mass is 419 g/mol. The Morgan fingerprint density at radius 3 is 2.61 bits per heavy atom. The lowest BCUT2D eigenvalue weighted by atomic mass is 9.92. The number of nitrogens with zero attached hydrogens (tertiary/aromatic N) is 3. The summed E-state index contributed by atoms with van der Waals surface area (Å²) in [4.78, 5) is 2.61. The van der Waals surface area contributed by atoms with Gasteiger partial charge in [0.1, 0.15) is 6.61 Å². The minimum absolute atomic E-state index is 0.141. The number of piperidine rings is 1. The molecule has 1 fully saturated rings. The molecule has 2 aliphatic heterocycles. The molecule has 2 aliphatic rings. The molecule has 166 valence electrons. The summed E-state index contributed by atoms with van der Waals surface area (Å²) in [5.74, 6) is 0.798. The highest BCUT2D eigenvalue weighted by Gasteiger charge is 2.21. The van der Waals surface area contributed by atoms with Crippen molar-refractivity contribution in [3.8, 4) is 12.1 Å². The summed E-state index contributed by atoms with van der Waals surface area (Å²) < 4.78 is 5.87. The van der Waals surface area contributed by atoms with Gasteiger partial charge in [0.25, 0.3) is 0 Å². The molecule has 4 heteroatoms. The van der Waals surface area contributed by atoms with Crippen LogP contribution in [0.2, 0.25) is 0 Å². The van der Waals surface area contributed by atoms with Crippen molar-refractivity contribution >= 4 is 0 Å². The van der Waals surface area contributed by atoms with E-state index in [1.807, 2.05) is 26.0 Å². The van der Waals surface area contributed by atoms with Gasteiger partial charge in [0.2, 0.25) is 0 Å². The Labute approximate surface area is 188 Å². The Morgan fingerprint density at radius 2 is 1.90 bits per heavy atom. The molecule has 0 N–H and O–H groups in total. The minimum Gasteiger partial charge on any atom is -0.494 e. The van der Waals surface area contributed by atoms with E-state index in [0.29, 0.717) is 12.2 Å². The van der Waals surface area contributed by atoms with Crippen LogP contribution in [0.5, 0.6) is 0 Å². The summed E-state index contributed by atoms with van der Waals surface area (Å²) in [6.45, 7) is 13.1.